The SMILES string of the molecule is CCCC(c1ccccc1)N1CCC(OC)CC1CN. The molecule has 1 aliphatic rings. The van der Waals surface area contributed by atoms with Gasteiger partial charge in [0.05, 0.1) is 6.10 Å². The molecule has 0 radical (unpaired) electrons. The number of likely N-dealkylation sites (tertiary alicyclic amines) is 1. The maximum absolute atomic E-state index is 6.03. The summed E-state index contributed by atoms with van der Waals surface area (Å²) < 4.78 is 5.53. The number of benzene rings is 1. The first-order chi connectivity index (χ1) is 9.80. The van der Waals surface area contributed by atoms with Crippen molar-refractivity contribution in [2.45, 2.75) is 50.8 Å². The Morgan fingerprint density at radius 2 is 2.10 bits per heavy atom. The van der Waals surface area contributed by atoms with Gasteiger partial charge in [-0.3, -0.25) is 4.90 Å². The monoisotopic (exact) mass is 276 g/mol. The predicted molar refractivity (Wildman–Crippen MR) is 83.7 cm³/mol. The zero-order valence-corrected chi connectivity index (χ0v) is 12.8. The molecule has 0 spiro atoms. The second kappa shape index (κ2) is 7.77. The molecule has 0 saturated carbocycles. The van der Waals surface area contributed by atoms with Crippen LogP contribution < -0.4 is 5.73 Å². The number of hydrogen-bond donors (Lipinski definition) is 1. The quantitative estimate of drug-likeness (QED) is 0.868. The number of nitrogens with two attached hydrogens (primary N) is 1. The molecular formula is C17H28N2O. The van der Waals surface area contributed by atoms with Crippen molar-refractivity contribution in [3.63, 3.8) is 0 Å². The minimum Gasteiger partial charge on any atom is -0.381 e. The standard InChI is InChI=1S/C17H28N2O/c1-3-7-17(14-8-5-4-6-9-14)19-11-10-16(20-2)12-15(19)13-18/h4-6,8-9,15-17H,3,7,10-13,18H2,1-2H3. The Labute approximate surface area is 123 Å². The molecule has 3 atom stereocenters. The van der Waals surface area contributed by atoms with Crippen LogP contribution in [0, 0.1) is 0 Å². The summed E-state index contributed by atoms with van der Waals surface area (Å²) in [4.78, 5) is 2.61. The minimum absolute atomic E-state index is 0.373. The summed E-state index contributed by atoms with van der Waals surface area (Å²) >= 11 is 0. The summed E-state index contributed by atoms with van der Waals surface area (Å²) in [6.45, 7) is 4.06. The summed E-state index contributed by atoms with van der Waals surface area (Å²) in [5.41, 5.74) is 7.45. The summed E-state index contributed by atoms with van der Waals surface area (Å²) in [5.74, 6) is 0. The van der Waals surface area contributed by atoms with Crippen LogP contribution >= 0.6 is 0 Å². The van der Waals surface area contributed by atoms with Crippen LogP contribution in [-0.2, 0) is 4.74 Å². The van der Waals surface area contributed by atoms with E-state index in [1.165, 1.54) is 18.4 Å². The van der Waals surface area contributed by atoms with Gasteiger partial charge in [-0.25, -0.2) is 0 Å². The predicted octanol–water partition coefficient (Wildman–Crippen LogP) is 2.97. The zero-order valence-electron chi connectivity index (χ0n) is 12.8. The fraction of sp³-hybridized carbons (Fsp3) is 0.647. The maximum Gasteiger partial charge on any atom is 0.0599 e. The second-order valence-electron chi connectivity index (χ2n) is 5.72. The second-order valence-corrected chi connectivity index (χ2v) is 5.72. The lowest BCUT2D eigenvalue weighted by atomic mass is 9.92. The molecule has 3 heteroatoms. The molecule has 3 unspecified atom stereocenters. The van der Waals surface area contributed by atoms with Gasteiger partial charge in [-0.05, 0) is 24.8 Å². The van der Waals surface area contributed by atoms with E-state index in [-0.39, 0.29) is 0 Å². The van der Waals surface area contributed by atoms with Crippen molar-refractivity contribution in [1.29, 1.82) is 0 Å². The topological polar surface area (TPSA) is 38.5 Å². The van der Waals surface area contributed by atoms with Gasteiger partial charge in [-0.1, -0.05) is 43.7 Å². The average molecular weight is 276 g/mol. The lowest BCUT2D eigenvalue weighted by Gasteiger charge is -2.43. The van der Waals surface area contributed by atoms with Gasteiger partial charge in [0.25, 0.3) is 0 Å². The van der Waals surface area contributed by atoms with Gasteiger partial charge in [0, 0.05) is 32.3 Å². The summed E-state index contributed by atoms with van der Waals surface area (Å²) in [7, 11) is 1.81. The molecule has 2 N–H and O–H groups in total. The largest absolute Gasteiger partial charge is 0.381 e. The van der Waals surface area contributed by atoms with Crippen LogP contribution in [0.3, 0.4) is 0 Å². The third-order valence-corrected chi connectivity index (χ3v) is 4.47. The molecule has 1 fully saturated rings. The van der Waals surface area contributed by atoms with E-state index < -0.39 is 0 Å². The Morgan fingerprint density at radius 1 is 1.35 bits per heavy atom. The van der Waals surface area contributed by atoms with E-state index in [0.717, 1.165) is 19.4 Å². The molecule has 3 nitrogen and oxygen atoms in total. The van der Waals surface area contributed by atoms with Crippen molar-refractivity contribution < 1.29 is 4.74 Å². The van der Waals surface area contributed by atoms with Crippen LogP contribution in [0.1, 0.15) is 44.2 Å². The van der Waals surface area contributed by atoms with E-state index in [0.29, 0.717) is 24.7 Å². The molecule has 112 valence electrons. The minimum atomic E-state index is 0.373. The van der Waals surface area contributed by atoms with Crippen LogP contribution in [0.5, 0.6) is 0 Å². The molecule has 20 heavy (non-hydrogen) atoms. The highest BCUT2D eigenvalue weighted by molar-refractivity contribution is 5.19. The fourth-order valence-electron chi connectivity index (χ4n) is 3.36. The van der Waals surface area contributed by atoms with E-state index in [2.05, 4.69) is 42.2 Å². The number of methoxy groups -OCH3 is 1. The van der Waals surface area contributed by atoms with Gasteiger partial charge in [-0.15, -0.1) is 0 Å². The van der Waals surface area contributed by atoms with Crippen LogP contribution in [0.25, 0.3) is 0 Å². The van der Waals surface area contributed by atoms with Gasteiger partial charge < -0.3 is 10.5 Å². The van der Waals surface area contributed by atoms with Gasteiger partial charge in [0.1, 0.15) is 0 Å². The smallest absolute Gasteiger partial charge is 0.0599 e. The molecule has 1 aromatic rings. The lowest BCUT2D eigenvalue weighted by molar-refractivity contribution is -0.00650. The Bertz CT molecular complexity index is 382. The lowest BCUT2D eigenvalue weighted by Crippen LogP contribution is -2.49. The summed E-state index contributed by atoms with van der Waals surface area (Å²) in [6, 6.07) is 11.8. The van der Waals surface area contributed by atoms with Crippen LogP contribution in [0.4, 0.5) is 0 Å². The highest BCUT2D eigenvalue weighted by Gasteiger charge is 2.32. The molecule has 1 aromatic carbocycles. The average Bonchev–Trinajstić information content (AvgIpc) is 2.53. The number of ether oxygens (including phenoxy) is 1. The summed E-state index contributed by atoms with van der Waals surface area (Å²) in [6.07, 6.45) is 4.93. The third-order valence-electron chi connectivity index (χ3n) is 4.47. The van der Waals surface area contributed by atoms with E-state index in [1.807, 2.05) is 7.11 Å². The molecular weight excluding hydrogens is 248 g/mol. The van der Waals surface area contributed by atoms with Crippen LogP contribution in [-0.4, -0.2) is 37.2 Å². The van der Waals surface area contributed by atoms with Crippen LogP contribution in [0.2, 0.25) is 0 Å². The van der Waals surface area contributed by atoms with E-state index >= 15 is 0 Å². The van der Waals surface area contributed by atoms with Crippen molar-refractivity contribution in [3.8, 4) is 0 Å². The molecule has 0 amide bonds. The molecule has 0 aliphatic carbocycles. The van der Waals surface area contributed by atoms with E-state index in [1.54, 1.807) is 0 Å². The first kappa shape index (κ1) is 15.5. The van der Waals surface area contributed by atoms with Crippen molar-refractivity contribution in [2.24, 2.45) is 5.73 Å². The zero-order chi connectivity index (χ0) is 14.4. The molecule has 1 heterocycles. The number of rotatable bonds is 6. The highest BCUT2D eigenvalue weighted by Crippen LogP contribution is 2.32. The van der Waals surface area contributed by atoms with Crippen molar-refractivity contribution >= 4 is 0 Å². The normalized spacial score (nSPS) is 25.6. The van der Waals surface area contributed by atoms with E-state index in [9.17, 15) is 0 Å². The molecule has 1 aliphatic heterocycles. The Hall–Kier alpha value is -0.900. The fourth-order valence-corrected chi connectivity index (χ4v) is 3.36. The van der Waals surface area contributed by atoms with Crippen molar-refractivity contribution in [3.05, 3.63) is 35.9 Å². The molecule has 2 rings (SSSR count). The number of nitrogens with zero attached hydrogens (tertiary/aromatic N) is 1. The van der Waals surface area contributed by atoms with Gasteiger partial charge in [-0.2, -0.15) is 0 Å². The van der Waals surface area contributed by atoms with E-state index in [4.69, 9.17) is 10.5 Å². The van der Waals surface area contributed by atoms with Crippen molar-refractivity contribution in [2.75, 3.05) is 20.2 Å². The Morgan fingerprint density at radius 3 is 2.70 bits per heavy atom. The Kier molecular flexibility index (Phi) is 6.02. The highest BCUT2D eigenvalue weighted by atomic mass is 16.5. The first-order valence-corrected chi connectivity index (χ1v) is 7.83. The third kappa shape index (κ3) is 3.60. The first-order valence-electron chi connectivity index (χ1n) is 7.83. The number of piperidine rings is 1. The molecule has 0 bridgehead atoms. The maximum atomic E-state index is 6.03. The van der Waals surface area contributed by atoms with Gasteiger partial charge in [0.15, 0.2) is 0 Å². The van der Waals surface area contributed by atoms with Crippen LogP contribution in [0.15, 0.2) is 30.3 Å². The van der Waals surface area contributed by atoms with Gasteiger partial charge >= 0.3 is 0 Å². The Balaban J connectivity index is 2.16. The number of hydrogen-bond acceptors (Lipinski definition) is 3. The van der Waals surface area contributed by atoms with Gasteiger partial charge in [0.2, 0.25) is 0 Å². The molecule has 0 aromatic heterocycles. The summed E-state index contributed by atoms with van der Waals surface area (Å²) in [5, 5.41) is 0. The van der Waals surface area contributed by atoms with Crippen molar-refractivity contribution in [1.82, 2.24) is 4.90 Å². The molecule has 1 saturated heterocycles.